The van der Waals surface area contributed by atoms with E-state index in [2.05, 4.69) is 20.9 Å². The summed E-state index contributed by atoms with van der Waals surface area (Å²) in [6.45, 7) is 0. The quantitative estimate of drug-likeness (QED) is 0.795. The lowest BCUT2D eigenvalue weighted by molar-refractivity contribution is 1.32. The predicted octanol–water partition coefficient (Wildman–Crippen LogP) is 4.10. The molecule has 74 valence electrons. The first kappa shape index (κ1) is 10.6. The van der Waals surface area contributed by atoms with Crippen LogP contribution in [0.5, 0.6) is 0 Å². The van der Waals surface area contributed by atoms with Gasteiger partial charge in [-0.1, -0.05) is 23.7 Å². The van der Waals surface area contributed by atoms with Gasteiger partial charge in [-0.3, -0.25) is 0 Å². The molecule has 1 aromatic heterocycles. The molecule has 0 fully saturated rings. The van der Waals surface area contributed by atoms with Gasteiger partial charge in [0.1, 0.15) is 14.9 Å². The average Bonchev–Trinajstić information content (AvgIpc) is 2.60. The number of nitrogens with zero attached hydrogens (tertiary/aromatic N) is 2. The second-order valence-corrected chi connectivity index (χ2v) is 5.52. The van der Waals surface area contributed by atoms with Crippen molar-refractivity contribution in [3.8, 4) is 16.6 Å². The maximum atomic E-state index is 8.77. The molecule has 5 heteroatoms. The van der Waals surface area contributed by atoms with E-state index in [4.69, 9.17) is 16.9 Å². The van der Waals surface area contributed by atoms with Crippen LogP contribution in [0.1, 0.15) is 5.69 Å². The minimum Gasteiger partial charge on any atom is -0.224 e. The average molecular weight is 300 g/mol. The molecule has 0 radical (unpaired) electrons. The van der Waals surface area contributed by atoms with Crippen LogP contribution in [-0.2, 0) is 0 Å². The summed E-state index contributed by atoms with van der Waals surface area (Å²) in [5.74, 6) is 0. The smallest absolute Gasteiger partial charge is 0.166 e. The molecule has 2 rings (SSSR count). The summed E-state index contributed by atoms with van der Waals surface area (Å²) in [5, 5.41) is 10.2. The van der Waals surface area contributed by atoms with Crippen molar-refractivity contribution in [2.45, 2.75) is 0 Å². The highest BCUT2D eigenvalue weighted by Gasteiger charge is 2.09. The van der Waals surface area contributed by atoms with Crippen molar-refractivity contribution in [2.24, 2.45) is 0 Å². The number of aromatic nitrogens is 1. The van der Waals surface area contributed by atoms with Crippen LogP contribution in [0.25, 0.3) is 10.6 Å². The first-order valence-corrected chi connectivity index (χ1v) is 6.02. The third-order valence-corrected chi connectivity index (χ3v) is 3.75. The fraction of sp³-hybridized carbons (Fsp3) is 0. The SMILES string of the molecule is N#Cc1nc(-c2cccc(Cl)c2)sc1Br. The molecule has 0 spiro atoms. The van der Waals surface area contributed by atoms with Gasteiger partial charge in [-0.15, -0.1) is 11.3 Å². The zero-order valence-corrected chi connectivity index (χ0v) is 10.5. The van der Waals surface area contributed by atoms with E-state index in [-0.39, 0.29) is 0 Å². The maximum Gasteiger partial charge on any atom is 0.166 e. The summed E-state index contributed by atoms with van der Waals surface area (Å²) in [6.07, 6.45) is 0. The first-order chi connectivity index (χ1) is 7.20. The standard InChI is InChI=1S/C10H4BrClN2S/c11-9-8(5-13)14-10(15-9)6-2-1-3-7(12)4-6/h1-4H. The molecule has 0 bridgehead atoms. The summed E-state index contributed by atoms with van der Waals surface area (Å²) in [6, 6.07) is 9.43. The summed E-state index contributed by atoms with van der Waals surface area (Å²) < 4.78 is 0.750. The lowest BCUT2D eigenvalue weighted by Gasteiger charge is -1.95. The third kappa shape index (κ3) is 2.20. The van der Waals surface area contributed by atoms with Gasteiger partial charge in [-0.2, -0.15) is 5.26 Å². The molecule has 2 aromatic rings. The summed E-state index contributed by atoms with van der Waals surface area (Å²) in [7, 11) is 0. The molecule has 0 amide bonds. The first-order valence-electron chi connectivity index (χ1n) is 4.03. The number of halogens is 2. The highest BCUT2D eigenvalue weighted by atomic mass is 79.9. The topological polar surface area (TPSA) is 36.7 Å². The van der Waals surface area contributed by atoms with Crippen molar-refractivity contribution in [2.75, 3.05) is 0 Å². The molecule has 15 heavy (non-hydrogen) atoms. The van der Waals surface area contributed by atoms with Gasteiger partial charge in [0.25, 0.3) is 0 Å². The predicted molar refractivity (Wildman–Crippen MR) is 65.0 cm³/mol. The number of hydrogen-bond donors (Lipinski definition) is 0. The van der Waals surface area contributed by atoms with E-state index in [0.29, 0.717) is 10.7 Å². The molecule has 1 aromatic carbocycles. The van der Waals surface area contributed by atoms with E-state index >= 15 is 0 Å². The van der Waals surface area contributed by atoms with Gasteiger partial charge in [-0.05, 0) is 28.1 Å². The Kier molecular flexibility index (Phi) is 3.06. The lowest BCUT2D eigenvalue weighted by atomic mass is 10.2. The van der Waals surface area contributed by atoms with Crippen LogP contribution in [0.15, 0.2) is 28.1 Å². The molecule has 0 aliphatic carbocycles. The summed E-state index contributed by atoms with van der Waals surface area (Å²) >= 11 is 10.6. The molecular formula is C10H4BrClN2S. The Morgan fingerprint density at radius 1 is 1.47 bits per heavy atom. The minimum absolute atomic E-state index is 0.412. The Balaban J connectivity index is 2.51. The van der Waals surface area contributed by atoms with Gasteiger partial charge in [0.15, 0.2) is 5.69 Å². The molecule has 1 heterocycles. The van der Waals surface area contributed by atoms with E-state index in [0.717, 1.165) is 14.4 Å². The van der Waals surface area contributed by atoms with Gasteiger partial charge in [0.05, 0.1) is 0 Å². The number of hydrogen-bond acceptors (Lipinski definition) is 3. The largest absolute Gasteiger partial charge is 0.224 e. The fourth-order valence-electron chi connectivity index (χ4n) is 1.12. The van der Waals surface area contributed by atoms with Gasteiger partial charge in [0, 0.05) is 10.6 Å². The van der Waals surface area contributed by atoms with Crippen molar-refractivity contribution in [3.05, 3.63) is 38.8 Å². The molecule has 0 unspecified atom stereocenters. The maximum absolute atomic E-state index is 8.77. The summed E-state index contributed by atoms with van der Waals surface area (Å²) in [5.41, 5.74) is 1.34. The van der Waals surface area contributed by atoms with Gasteiger partial charge >= 0.3 is 0 Å². The number of thiazole rings is 1. The van der Waals surface area contributed by atoms with Crippen molar-refractivity contribution in [1.29, 1.82) is 5.26 Å². The zero-order chi connectivity index (χ0) is 10.8. The number of nitriles is 1. The number of rotatable bonds is 1. The van der Waals surface area contributed by atoms with E-state index < -0.39 is 0 Å². The van der Waals surface area contributed by atoms with Crippen LogP contribution >= 0.6 is 38.9 Å². The molecule has 0 atom stereocenters. The Hall–Kier alpha value is -0.890. The van der Waals surface area contributed by atoms with Crippen LogP contribution < -0.4 is 0 Å². The Morgan fingerprint density at radius 2 is 2.27 bits per heavy atom. The molecular weight excluding hydrogens is 296 g/mol. The van der Waals surface area contributed by atoms with Gasteiger partial charge in [-0.25, -0.2) is 4.98 Å². The Labute approximate surface area is 104 Å². The van der Waals surface area contributed by atoms with E-state index in [9.17, 15) is 0 Å². The number of benzene rings is 1. The second kappa shape index (κ2) is 4.31. The van der Waals surface area contributed by atoms with Crippen molar-refractivity contribution in [3.63, 3.8) is 0 Å². The third-order valence-electron chi connectivity index (χ3n) is 1.76. The van der Waals surface area contributed by atoms with E-state index in [1.807, 2.05) is 24.3 Å². The zero-order valence-electron chi connectivity index (χ0n) is 7.37. The molecule has 0 saturated carbocycles. The van der Waals surface area contributed by atoms with Crippen LogP contribution in [0, 0.1) is 11.3 Å². The van der Waals surface area contributed by atoms with Gasteiger partial charge in [0.2, 0.25) is 0 Å². The van der Waals surface area contributed by atoms with Crippen molar-refractivity contribution < 1.29 is 0 Å². The monoisotopic (exact) mass is 298 g/mol. The highest BCUT2D eigenvalue weighted by Crippen LogP contribution is 2.32. The summed E-state index contributed by atoms with van der Waals surface area (Å²) in [4.78, 5) is 4.19. The molecule has 0 aliphatic heterocycles. The molecule has 0 aliphatic rings. The van der Waals surface area contributed by atoms with Crippen LogP contribution in [0.2, 0.25) is 5.02 Å². The van der Waals surface area contributed by atoms with Crippen molar-refractivity contribution in [1.82, 2.24) is 4.98 Å². The second-order valence-electron chi connectivity index (χ2n) is 2.76. The molecule has 0 saturated heterocycles. The van der Waals surface area contributed by atoms with Gasteiger partial charge < -0.3 is 0 Å². The van der Waals surface area contributed by atoms with Crippen molar-refractivity contribution >= 4 is 38.9 Å². The van der Waals surface area contributed by atoms with E-state index in [1.165, 1.54) is 11.3 Å². The molecule has 2 nitrogen and oxygen atoms in total. The van der Waals surface area contributed by atoms with Crippen LogP contribution in [0.3, 0.4) is 0 Å². The molecule has 0 N–H and O–H groups in total. The highest BCUT2D eigenvalue weighted by molar-refractivity contribution is 9.11. The minimum atomic E-state index is 0.412. The van der Waals surface area contributed by atoms with Crippen LogP contribution in [0.4, 0.5) is 0 Å². The Bertz CT molecular complexity index is 545. The normalized spacial score (nSPS) is 9.93. The van der Waals surface area contributed by atoms with Crippen LogP contribution in [-0.4, -0.2) is 4.98 Å². The Morgan fingerprint density at radius 3 is 2.87 bits per heavy atom. The lowest BCUT2D eigenvalue weighted by Crippen LogP contribution is -1.77. The fourth-order valence-corrected chi connectivity index (χ4v) is 2.68. The van der Waals surface area contributed by atoms with E-state index in [1.54, 1.807) is 6.07 Å².